The summed E-state index contributed by atoms with van der Waals surface area (Å²) in [6.07, 6.45) is 1.51. The number of carbonyl (C=O) groups is 1. The summed E-state index contributed by atoms with van der Waals surface area (Å²) in [4.78, 5) is 14.4. The van der Waals surface area contributed by atoms with Gasteiger partial charge in [0.15, 0.2) is 0 Å². The van der Waals surface area contributed by atoms with Crippen LogP contribution in [0.2, 0.25) is 0 Å². The van der Waals surface area contributed by atoms with E-state index in [4.69, 9.17) is 5.11 Å². The molecule has 0 amide bonds. The Morgan fingerprint density at radius 2 is 2.50 bits per heavy atom. The Balaban J connectivity index is 2.75. The molecule has 1 heterocycles. The number of nitrogens with zero attached hydrogens (tertiary/aromatic N) is 1. The van der Waals surface area contributed by atoms with Gasteiger partial charge in [-0.25, -0.2) is 4.98 Å². The molecule has 1 aromatic rings. The van der Waals surface area contributed by atoms with Crippen LogP contribution in [-0.4, -0.2) is 23.2 Å². The van der Waals surface area contributed by atoms with Crippen LogP contribution >= 0.6 is 0 Å². The Kier molecular flexibility index (Phi) is 2.63. The minimum atomic E-state index is -0.390. The number of rotatable bonds is 2. The molecule has 0 saturated carbocycles. The maximum Gasteiger partial charge on any atom is 0.310 e. The third-order valence-electron chi connectivity index (χ3n) is 1.43. The fourth-order valence-electron chi connectivity index (χ4n) is 0.796. The number of esters is 1. The number of pyridine rings is 1. The van der Waals surface area contributed by atoms with E-state index in [1.807, 2.05) is 0 Å². The van der Waals surface area contributed by atoms with Gasteiger partial charge in [0.05, 0.1) is 13.5 Å². The van der Waals surface area contributed by atoms with E-state index in [2.05, 4.69) is 9.72 Å². The average Bonchev–Trinajstić information content (AvgIpc) is 2.09. The van der Waals surface area contributed by atoms with Crippen molar-refractivity contribution in [1.82, 2.24) is 4.98 Å². The predicted molar refractivity (Wildman–Crippen MR) is 41.6 cm³/mol. The van der Waals surface area contributed by atoms with Crippen LogP contribution in [0.4, 0.5) is 0 Å². The van der Waals surface area contributed by atoms with Gasteiger partial charge in [-0.15, -0.1) is 0 Å². The lowest BCUT2D eigenvalue weighted by Crippen LogP contribution is -2.04. The Morgan fingerprint density at radius 3 is 3.08 bits per heavy atom. The SMILES string of the molecule is COC(=O)Cc1cccnc1O. The Bertz CT molecular complexity index is 285. The Hall–Kier alpha value is -1.58. The first-order chi connectivity index (χ1) is 5.74. The fourth-order valence-corrected chi connectivity index (χ4v) is 0.796. The molecule has 0 aliphatic carbocycles. The highest BCUT2D eigenvalue weighted by Crippen LogP contribution is 2.12. The average molecular weight is 167 g/mol. The van der Waals surface area contributed by atoms with Crippen LogP contribution in [0.25, 0.3) is 0 Å². The normalized spacial score (nSPS) is 9.42. The molecule has 0 spiro atoms. The molecule has 64 valence electrons. The maximum absolute atomic E-state index is 10.8. The summed E-state index contributed by atoms with van der Waals surface area (Å²) in [6.45, 7) is 0. The van der Waals surface area contributed by atoms with Crippen molar-refractivity contribution < 1.29 is 14.6 Å². The van der Waals surface area contributed by atoms with Crippen LogP contribution in [0, 0.1) is 0 Å². The summed E-state index contributed by atoms with van der Waals surface area (Å²) in [5, 5.41) is 9.14. The summed E-state index contributed by atoms with van der Waals surface area (Å²) in [7, 11) is 1.30. The van der Waals surface area contributed by atoms with Crippen molar-refractivity contribution in [3.63, 3.8) is 0 Å². The summed E-state index contributed by atoms with van der Waals surface area (Å²) in [6, 6.07) is 3.28. The van der Waals surface area contributed by atoms with Gasteiger partial charge < -0.3 is 9.84 Å². The van der Waals surface area contributed by atoms with E-state index in [1.165, 1.54) is 13.3 Å². The molecule has 0 aliphatic heterocycles. The smallest absolute Gasteiger partial charge is 0.310 e. The molecular formula is C8H9NO3. The summed E-state index contributed by atoms with van der Waals surface area (Å²) >= 11 is 0. The molecule has 1 rings (SSSR count). The van der Waals surface area contributed by atoms with Gasteiger partial charge >= 0.3 is 5.97 Å². The number of hydrogen-bond donors (Lipinski definition) is 1. The van der Waals surface area contributed by atoms with Gasteiger partial charge in [0, 0.05) is 11.8 Å². The lowest BCUT2D eigenvalue weighted by atomic mass is 10.2. The number of methoxy groups -OCH3 is 1. The zero-order valence-corrected chi connectivity index (χ0v) is 6.65. The van der Waals surface area contributed by atoms with Gasteiger partial charge in [-0.2, -0.15) is 0 Å². The third kappa shape index (κ3) is 1.95. The molecule has 12 heavy (non-hydrogen) atoms. The van der Waals surface area contributed by atoms with Crippen molar-refractivity contribution in [3.05, 3.63) is 23.9 Å². The minimum Gasteiger partial charge on any atom is -0.493 e. The van der Waals surface area contributed by atoms with E-state index in [0.29, 0.717) is 5.56 Å². The van der Waals surface area contributed by atoms with E-state index in [-0.39, 0.29) is 12.3 Å². The molecule has 0 bridgehead atoms. The van der Waals surface area contributed by atoms with Gasteiger partial charge in [0.1, 0.15) is 0 Å². The van der Waals surface area contributed by atoms with Crippen molar-refractivity contribution in [2.24, 2.45) is 0 Å². The molecule has 0 unspecified atom stereocenters. The molecule has 0 aromatic carbocycles. The zero-order chi connectivity index (χ0) is 8.97. The molecule has 0 fully saturated rings. The van der Waals surface area contributed by atoms with Gasteiger partial charge in [-0.1, -0.05) is 6.07 Å². The Morgan fingerprint density at radius 1 is 1.75 bits per heavy atom. The fraction of sp³-hybridized carbons (Fsp3) is 0.250. The van der Waals surface area contributed by atoms with Crippen LogP contribution < -0.4 is 0 Å². The summed E-state index contributed by atoms with van der Waals surface area (Å²) in [5.41, 5.74) is 0.476. The van der Waals surface area contributed by atoms with Crippen molar-refractivity contribution in [1.29, 1.82) is 0 Å². The second-order valence-electron chi connectivity index (χ2n) is 2.24. The summed E-state index contributed by atoms with van der Waals surface area (Å²) in [5.74, 6) is -0.513. The van der Waals surface area contributed by atoms with E-state index in [1.54, 1.807) is 12.1 Å². The third-order valence-corrected chi connectivity index (χ3v) is 1.43. The van der Waals surface area contributed by atoms with Crippen LogP contribution in [0.15, 0.2) is 18.3 Å². The number of aromatic hydroxyl groups is 1. The topological polar surface area (TPSA) is 59.4 Å². The molecule has 1 aromatic heterocycles. The molecule has 4 heteroatoms. The molecule has 1 N–H and O–H groups in total. The first-order valence-electron chi connectivity index (χ1n) is 3.43. The first-order valence-corrected chi connectivity index (χ1v) is 3.43. The van der Waals surface area contributed by atoms with Crippen molar-refractivity contribution in [3.8, 4) is 5.88 Å². The van der Waals surface area contributed by atoms with Crippen molar-refractivity contribution in [2.75, 3.05) is 7.11 Å². The zero-order valence-electron chi connectivity index (χ0n) is 6.65. The van der Waals surface area contributed by atoms with Gasteiger partial charge in [-0.05, 0) is 6.07 Å². The Labute approximate surface area is 69.8 Å². The largest absolute Gasteiger partial charge is 0.493 e. The quantitative estimate of drug-likeness (QED) is 0.652. The number of aromatic nitrogens is 1. The van der Waals surface area contributed by atoms with Crippen molar-refractivity contribution in [2.45, 2.75) is 6.42 Å². The second kappa shape index (κ2) is 3.71. The number of hydrogen-bond acceptors (Lipinski definition) is 4. The van der Waals surface area contributed by atoms with E-state index >= 15 is 0 Å². The van der Waals surface area contributed by atoms with E-state index in [9.17, 15) is 4.79 Å². The molecule has 0 saturated heterocycles. The molecule has 0 radical (unpaired) electrons. The van der Waals surface area contributed by atoms with Crippen LogP contribution in [0.5, 0.6) is 5.88 Å². The highest BCUT2D eigenvalue weighted by Gasteiger charge is 2.06. The van der Waals surface area contributed by atoms with Crippen LogP contribution in [0.1, 0.15) is 5.56 Å². The molecule has 0 atom stereocenters. The molecule has 4 nitrogen and oxygen atoms in total. The monoisotopic (exact) mass is 167 g/mol. The highest BCUT2D eigenvalue weighted by atomic mass is 16.5. The van der Waals surface area contributed by atoms with Crippen LogP contribution in [0.3, 0.4) is 0 Å². The number of carbonyl (C=O) groups excluding carboxylic acids is 1. The summed E-state index contributed by atoms with van der Waals surface area (Å²) < 4.78 is 4.43. The predicted octanol–water partition coefficient (Wildman–Crippen LogP) is 0.503. The minimum absolute atomic E-state index is 0.0518. The second-order valence-corrected chi connectivity index (χ2v) is 2.24. The number of ether oxygens (including phenoxy) is 1. The standard InChI is InChI=1S/C8H9NO3/c1-12-7(10)5-6-3-2-4-9-8(6)11/h2-4H,5H2,1H3,(H,9,11). The highest BCUT2D eigenvalue weighted by molar-refractivity contribution is 5.72. The molecule has 0 aliphatic rings. The van der Waals surface area contributed by atoms with Gasteiger partial charge in [0.2, 0.25) is 5.88 Å². The first kappa shape index (κ1) is 8.52. The van der Waals surface area contributed by atoms with Crippen LogP contribution in [-0.2, 0) is 16.0 Å². The van der Waals surface area contributed by atoms with Crippen molar-refractivity contribution >= 4 is 5.97 Å². The van der Waals surface area contributed by atoms with Gasteiger partial charge in [0.25, 0.3) is 0 Å². The molecular weight excluding hydrogens is 158 g/mol. The van der Waals surface area contributed by atoms with Gasteiger partial charge in [-0.3, -0.25) is 4.79 Å². The van der Waals surface area contributed by atoms with E-state index < -0.39 is 5.97 Å². The lowest BCUT2D eigenvalue weighted by Gasteiger charge is -2.00. The maximum atomic E-state index is 10.8. The lowest BCUT2D eigenvalue weighted by molar-refractivity contribution is -0.139. The van der Waals surface area contributed by atoms with E-state index in [0.717, 1.165) is 0 Å².